The van der Waals surface area contributed by atoms with Crippen molar-refractivity contribution in [2.45, 2.75) is 6.54 Å². The van der Waals surface area contributed by atoms with Gasteiger partial charge in [-0.3, -0.25) is 4.79 Å². The van der Waals surface area contributed by atoms with Gasteiger partial charge in [-0.1, -0.05) is 12.1 Å². The van der Waals surface area contributed by atoms with Gasteiger partial charge in [-0.25, -0.2) is 8.78 Å². The first-order valence-corrected chi connectivity index (χ1v) is 9.27. The van der Waals surface area contributed by atoms with Crippen molar-refractivity contribution < 1.29 is 18.3 Å². The fourth-order valence-corrected chi connectivity index (χ4v) is 3.07. The Morgan fingerprint density at radius 1 is 1.07 bits per heavy atom. The molecule has 1 amide bonds. The molecule has 28 heavy (non-hydrogen) atoms. The molecule has 5 nitrogen and oxygen atoms in total. The number of anilines is 2. The monoisotopic (exact) mass is 495 g/mol. The number of ether oxygens (including phenoxy) is 1. The van der Waals surface area contributed by atoms with Crippen molar-refractivity contribution in [2.75, 3.05) is 5.32 Å². The molecule has 0 heterocycles. The maximum absolute atomic E-state index is 14.2. The lowest BCUT2D eigenvalue weighted by molar-refractivity contribution is 0.0999. The molecule has 0 spiro atoms. The number of amides is 1. The van der Waals surface area contributed by atoms with Crippen LogP contribution in [0.2, 0.25) is 0 Å². The number of carbonyl (C=O) groups excluding carboxylic acids is 1. The minimum atomic E-state index is -0.849. The Balaban J connectivity index is 2.04. The minimum absolute atomic E-state index is 0.00223. The van der Waals surface area contributed by atoms with E-state index >= 15 is 0 Å². The summed E-state index contributed by atoms with van der Waals surface area (Å²) in [7, 11) is 0. The maximum Gasteiger partial charge on any atom is 0.254 e. The van der Waals surface area contributed by atoms with Crippen molar-refractivity contribution in [1.29, 1.82) is 0 Å². The smallest absolute Gasteiger partial charge is 0.254 e. The van der Waals surface area contributed by atoms with Crippen LogP contribution in [0, 0.1) is 15.2 Å². The Kier molecular flexibility index (Phi) is 6.10. The molecule has 5 N–H and O–H groups in total. The van der Waals surface area contributed by atoms with E-state index in [0.717, 1.165) is 17.7 Å². The summed E-state index contributed by atoms with van der Waals surface area (Å²) in [6, 6.07) is 13.4. The van der Waals surface area contributed by atoms with E-state index < -0.39 is 17.5 Å². The largest absolute Gasteiger partial charge is 0.456 e. The van der Waals surface area contributed by atoms with Gasteiger partial charge in [-0.05, 0) is 64.6 Å². The Morgan fingerprint density at radius 3 is 2.54 bits per heavy atom. The van der Waals surface area contributed by atoms with Crippen molar-refractivity contribution in [3.8, 4) is 11.5 Å². The first-order valence-electron chi connectivity index (χ1n) is 8.19. The molecule has 0 unspecified atom stereocenters. The van der Waals surface area contributed by atoms with E-state index in [1.165, 1.54) is 12.1 Å². The number of halogens is 3. The van der Waals surface area contributed by atoms with E-state index in [9.17, 15) is 13.6 Å². The number of nitrogens with one attached hydrogen (secondary N) is 1. The van der Waals surface area contributed by atoms with Crippen LogP contribution in [0.25, 0.3) is 0 Å². The van der Waals surface area contributed by atoms with E-state index in [1.54, 1.807) is 30.3 Å². The molecular formula is C20H16F2IN3O2. The van der Waals surface area contributed by atoms with Gasteiger partial charge in [0.1, 0.15) is 28.7 Å². The summed E-state index contributed by atoms with van der Waals surface area (Å²) in [6.07, 6.45) is 0. The topological polar surface area (TPSA) is 90.4 Å². The van der Waals surface area contributed by atoms with Gasteiger partial charge in [-0.2, -0.15) is 0 Å². The highest BCUT2D eigenvalue weighted by Gasteiger charge is 2.19. The number of rotatable bonds is 6. The summed E-state index contributed by atoms with van der Waals surface area (Å²) in [6.45, 7) is 0.294. The molecule has 0 aliphatic rings. The van der Waals surface area contributed by atoms with Crippen LogP contribution in [0.4, 0.5) is 20.2 Å². The third-order valence-electron chi connectivity index (χ3n) is 3.88. The molecule has 3 aromatic rings. The van der Waals surface area contributed by atoms with Gasteiger partial charge in [0.25, 0.3) is 5.91 Å². The molecule has 8 heteroatoms. The lowest BCUT2D eigenvalue weighted by atomic mass is 10.1. The zero-order valence-corrected chi connectivity index (χ0v) is 16.7. The number of primary amides is 1. The third-order valence-corrected chi connectivity index (χ3v) is 4.55. The molecule has 0 atom stereocenters. The summed E-state index contributed by atoms with van der Waals surface area (Å²) in [5.74, 6) is -1.80. The first kappa shape index (κ1) is 20.0. The molecule has 3 aromatic carbocycles. The van der Waals surface area contributed by atoms with Crippen LogP contribution in [0.5, 0.6) is 11.5 Å². The highest BCUT2D eigenvalue weighted by molar-refractivity contribution is 14.1. The SMILES string of the molecule is NCc1cccc(Oc2cc(F)cc(Nc3ccc(I)cc3F)c2C(N)=O)c1. The predicted molar refractivity (Wildman–Crippen MR) is 112 cm³/mol. The van der Waals surface area contributed by atoms with E-state index in [-0.39, 0.29) is 22.7 Å². The van der Waals surface area contributed by atoms with Crippen molar-refractivity contribution in [3.05, 3.63) is 80.9 Å². The van der Waals surface area contributed by atoms with Crippen molar-refractivity contribution >= 4 is 39.9 Å². The Hall–Kier alpha value is -2.72. The van der Waals surface area contributed by atoms with Gasteiger partial charge in [-0.15, -0.1) is 0 Å². The Labute approximate surface area is 173 Å². The van der Waals surface area contributed by atoms with Gasteiger partial charge >= 0.3 is 0 Å². The van der Waals surface area contributed by atoms with Crippen molar-refractivity contribution in [2.24, 2.45) is 11.5 Å². The quantitative estimate of drug-likeness (QED) is 0.434. The zero-order valence-electron chi connectivity index (χ0n) is 14.5. The Bertz CT molecular complexity index is 1040. The summed E-state index contributed by atoms with van der Waals surface area (Å²) in [4.78, 5) is 12.1. The second-order valence-electron chi connectivity index (χ2n) is 5.89. The van der Waals surface area contributed by atoms with Crippen LogP contribution >= 0.6 is 22.6 Å². The number of nitrogens with two attached hydrogens (primary N) is 2. The van der Waals surface area contributed by atoms with Crippen LogP contribution in [0.1, 0.15) is 15.9 Å². The number of carbonyl (C=O) groups is 1. The normalized spacial score (nSPS) is 10.6. The van der Waals surface area contributed by atoms with Crippen LogP contribution < -0.4 is 21.5 Å². The average Bonchev–Trinajstić information content (AvgIpc) is 2.63. The van der Waals surface area contributed by atoms with Crippen LogP contribution in [-0.2, 0) is 6.54 Å². The highest BCUT2D eigenvalue weighted by Crippen LogP contribution is 2.34. The van der Waals surface area contributed by atoms with Gasteiger partial charge in [0.2, 0.25) is 0 Å². The number of hydrogen-bond acceptors (Lipinski definition) is 4. The predicted octanol–water partition coefficient (Wildman–Crippen LogP) is 4.66. The lowest BCUT2D eigenvalue weighted by Gasteiger charge is -2.16. The summed E-state index contributed by atoms with van der Waals surface area (Å²) in [5.41, 5.74) is 11.9. The molecule has 0 radical (unpaired) electrons. The number of benzene rings is 3. The van der Waals surface area contributed by atoms with Crippen LogP contribution in [0.3, 0.4) is 0 Å². The third kappa shape index (κ3) is 4.57. The van der Waals surface area contributed by atoms with E-state index in [4.69, 9.17) is 16.2 Å². The molecule has 0 saturated carbocycles. The van der Waals surface area contributed by atoms with Gasteiger partial charge in [0, 0.05) is 16.2 Å². The maximum atomic E-state index is 14.2. The summed E-state index contributed by atoms with van der Waals surface area (Å²) >= 11 is 1.97. The van der Waals surface area contributed by atoms with Gasteiger partial charge in [0.15, 0.2) is 0 Å². The lowest BCUT2D eigenvalue weighted by Crippen LogP contribution is -2.15. The molecule has 0 fully saturated rings. The average molecular weight is 495 g/mol. The van der Waals surface area contributed by atoms with Crippen LogP contribution in [0.15, 0.2) is 54.6 Å². The Morgan fingerprint density at radius 2 is 1.86 bits per heavy atom. The van der Waals surface area contributed by atoms with E-state index in [0.29, 0.717) is 15.9 Å². The van der Waals surface area contributed by atoms with Gasteiger partial charge in [0.05, 0.1) is 11.4 Å². The summed E-state index contributed by atoms with van der Waals surface area (Å²) in [5, 5.41) is 2.72. The fourth-order valence-electron chi connectivity index (χ4n) is 2.61. The molecule has 0 bridgehead atoms. The molecule has 0 saturated heterocycles. The van der Waals surface area contributed by atoms with E-state index in [2.05, 4.69) is 5.32 Å². The van der Waals surface area contributed by atoms with E-state index in [1.807, 2.05) is 22.6 Å². The van der Waals surface area contributed by atoms with Crippen LogP contribution in [-0.4, -0.2) is 5.91 Å². The second-order valence-corrected chi connectivity index (χ2v) is 7.14. The zero-order chi connectivity index (χ0) is 20.3. The van der Waals surface area contributed by atoms with Crippen molar-refractivity contribution in [3.63, 3.8) is 0 Å². The summed E-state index contributed by atoms with van der Waals surface area (Å²) < 4.78 is 34.8. The fraction of sp³-hybridized carbons (Fsp3) is 0.0500. The highest BCUT2D eigenvalue weighted by atomic mass is 127. The first-order chi connectivity index (χ1) is 13.4. The minimum Gasteiger partial charge on any atom is -0.456 e. The molecule has 144 valence electrons. The standard InChI is InChI=1S/C20H16F2IN3O2/c21-12-7-17(26-16-5-4-13(23)9-15(16)22)19(20(25)27)18(8-12)28-14-3-1-2-11(6-14)10-24/h1-9,26H,10,24H2,(H2,25,27). The molecule has 3 rings (SSSR count). The molecule has 0 aliphatic heterocycles. The molecule has 0 aromatic heterocycles. The molecular weight excluding hydrogens is 479 g/mol. The number of hydrogen-bond donors (Lipinski definition) is 3. The van der Waals surface area contributed by atoms with Gasteiger partial charge < -0.3 is 21.5 Å². The van der Waals surface area contributed by atoms with Crippen molar-refractivity contribution in [1.82, 2.24) is 0 Å². The second kappa shape index (κ2) is 8.53. The molecule has 0 aliphatic carbocycles.